The molecule has 174 valence electrons. The molecule has 0 bridgehead atoms. The zero-order valence-electron chi connectivity index (χ0n) is 18.7. The Kier molecular flexibility index (Phi) is 8.06. The van der Waals surface area contributed by atoms with E-state index in [9.17, 15) is 9.18 Å². The molecule has 0 aliphatic heterocycles. The minimum absolute atomic E-state index is 0.114. The number of nitrogens with one attached hydrogen (secondary N) is 1. The maximum Gasteiger partial charge on any atom is 0.271 e. The first-order valence-electron chi connectivity index (χ1n) is 11.0. The standard InChI is InChI=1S/C27H25ClFN3OS/c1-19(22-7-3-2-4-8-22)30-27(33)25-18-34-26(31-25)17-32(15-20-10-12-24(29)13-11-20)16-21-6-5-9-23(28)14-21/h2-14,18-19H,15-17H2,1H3,(H,30,33). The molecular formula is C27H25ClFN3OS. The van der Waals surface area contributed by atoms with Crippen LogP contribution < -0.4 is 5.32 Å². The number of halogens is 2. The van der Waals surface area contributed by atoms with Crippen LogP contribution in [0.3, 0.4) is 0 Å². The van der Waals surface area contributed by atoms with Gasteiger partial charge in [-0.3, -0.25) is 9.69 Å². The van der Waals surface area contributed by atoms with Gasteiger partial charge in [0.15, 0.2) is 0 Å². The van der Waals surface area contributed by atoms with Gasteiger partial charge in [-0.2, -0.15) is 0 Å². The number of benzene rings is 3. The molecule has 0 saturated carbocycles. The number of nitrogens with zero attached hydrogens (tertiary/aromatic N) is 2. The molecule has 0 fully saturated rings. The van der Waals surface area contributed by atoms with Crippen molar-refractivity contribution in [2.24, 2.45) is 0 Å². The Bertz CT molecular complexity index is 1230. The van der Waals surface area contributed by atoms with E-state index < -0.39 is 0 Å². The lowest BCUT2D eigenvalue weighted by Crippen LogP contribution is -2.27. The molecular weight excluding hydrogens is 469 g/mol. The fourth-order valence-corrected chi connectivity index (χ4v) is 4.71. The van der Waals surface area contributed by atoms with E-state index in [0.717, 1.165) is 21.7 Å². The lowest BCUT2D eigenvalue weighted by atomic mass is 10.1. The summed E-state index contributed by atoms with van der Waals surface area (Å²) in [6.07, 6.45) is 0. The highest BCUT2D eigenvalue weighted by Crippen LogP contribution is 2.20. The van der Waals surface area contributed by atoms with Gasteiger partial charge >= 0.3 is 0 Å². The van der Waals surface area contributed by atoms with E-state index in [4.69, 9.17) is 11.6 Å². The van der Waals surface area contributed by atoms with E-state index in [2.05, 4.69) is 15.2 Å². The van der Waals surface area contributed by atoms with Crippen LogP contribution in [0.1, 0.15) is 45.2 Å². The maximum atomic E-state index is 13.4. The quantitative estimate of drug-likeness (QED) is 0.284. The van der Waals surface area contributed by atoms with Gasteiger partial charge in [-0.25, -0.2) is 9.37 Å². The van der Waals surface area contributed by atoms with Gasteiger partial charge in [-0.1, -0.05) is 66.2 Å². The summed E-state index contributed by atoms with van der Waals surface area (Å²) in [4.78, 5) is 19.5. The van der Waals surface area contributed by atoms with Crippen molar-refractivity contribution in [3.8, 4) is 0 Å². The van der Waals surface area contributed by atoms with Crippen molar-refractivity contribution in [2.45, 2.75) is 32.6 Å². The van der Waals surface area contributed by atoms with Crippen molar-refractivity contribution in [3.05, 3.63) is 122 Å². The highest BCUT2D eigenvalue weighted by atomic mass is 35.5. The van der Waals surface area contributed by atoms with Gasteiger partial charge in [0.2, 0.25) is 0 Å². The summed E-state index contributed by atoms with van der Waals surface area (Å²) in [6, 6.07) is 23.9. The van der Waals surface area contributed by atoms with E-state index in [1.807, 2.05) is 61.5 Å². The minimum Gasteiger partial charge on any atom is -0.344 e. The van der Waals surface area contributed by atoms with Crippen LogP contribution in [0.25, 0.3) is 0 Å². The van der Waals surface area contributed by atoms with Crippen molar-refractivity contribution in [3.63, 3.8) is 0 Å². The Morgan fingerprint density at radius 3 is 2.47 bits per heavy atom. The summed E-state index contributed by atoms with van der Waals surface area (Å²) in [5.74, 6) is -0.454. The van der Waals surface area contributed by atoms with Crippen molar-refractivity contribution < 1.29 is 9.18 Å². The van der Waals surface area contributed by atoms with Crippen LogP contribution in [0.15, 0.2) is 84.2 Å². The smallest absolute Gasteiger partial charge is 0.271 e. The molecule has 1 unspecified atom stereocenters. The molecule has 1 N–H and O–H groups in total. The molecule has 1 amide bonds. The van der Waals surface area contributed by atoms with Crippen LogP contribution in [0, 0.1) is 5.82 Å². The average molecular weight is 494 g/mol. The number of amides is 1. The normalized spacial score (nSPS) is 12.0. The average Bonchev–Trinajstić information content (AvgIpc) is 3.30. The molecule has 1 heterocycles. The van der Waals surface area contributed by atoms with Crippen molar-refractivity contribution in [1.82, 2.24) is 15.2 Å². The molecule has 0 radical (unpaired) electrons. The number of carbonyl (C=O) groups excluding carboxylic acids is 1. The second-order valence-corrected chi connectivity index (χ2v) is 9.51. The number of rotatable bonds is 9. The fourth-order valence-electron chi connectivity index (χ4n) is 3.68. The van der Waals surface area contributed by atoms with Crippen LogP contribution in [-0.4, -0.2) is 15.8 Å². The Morgan fingerprint density at radius 2 is 1.74 bits per heavy atom. The van der Waals surface area contributed by atoms with Gasteiger partial charge in [0.1, 0.15) is 16.5 Å². The lowest BCUT2D eigenvalue weighted by molar-refractivity contribution is 0.0935. The number of carbonyl (C=O) groups is 1. The Hall–Kier alpha value is -3.06. The second-order valence-electron chi connectivity index (χ2n) is 8.13. The Morgan fingerprint density at radius 1 is 1.00 bits per heavy atom. The van der Waals surface area contributed by atoms with Crippen LogP contribution in [0.5, 0.6) is 0 Å². The molecule has 0 spiro atoms. The zero-order valence-corrected chi connectivity index (χ0v) is 20.3. The van der Waals surface area contributed by atoms with Crippen LogP contribution in [0.4, 0.5) is 4.39 Å². The monoisotopic (exact) mass is 493 g/mol. The number of thiazole rings is 1. The molecule has 3 aromatic carbocycles. The van der Waals surface area contributed by atoms with Gasteiger partial charge in [-0.05, 0) is 47.9 Å². The predicted molar refractivity (Wildman–Crippen MR) is 135 cm³/mol. The van der Waals surface area contributed by atoms with Crippen molar-refractivity contribution >= 4 is 28.8 Å². The van der Waals surface area contributed by atoms with E-state index in [-0.39, 0.29) is 17.8 Å². The SMILES string of the molecule is CC(NC(=O)c1csc(CN(Cc2ccc(F)cc2)Cc2cccc(Cl)c2)n1)c1ccccc1. The Balaban J connectivity index is 1.46. The van der Waals surface area contributed by atoms with Gasteiger partial charge in [0, 0.05) is 23.5 Å². The molecule has 1 atom stereocenters. The molecule has 1 aromatic heterocycles. The zero-order chi connectivity index (χ0) is 23.9. The topological polar surface area (TPSA) is 45.2 Å². The fraction of sp³-hybridized carbons (Fsp3) is 0.185. The maximum absolute atomic E-state index is 13.4. The van der Waals surface area contributed by atoms with E-state index in [1.165, 1.54) is 23.5 Å². The van der Waals surface area contributed by atoms with Crippen LogP contribution in [0.2, 0.25) is 5.02 Å². The first-order valence-corrected chi connectivity index (χ1v) is 12.2. The van der Waals surface area contributed by atoms with Gasteiger partial charge < -0.3 is 5.32 Å². The number of hydrogen-bond donors (Lipinski definition) is 1. The van der Waals surface area contributed by atoms with Gasteiger partial charge in [0.25, 0.3) is 5.91 Å². The van der Waals surface area contributed by atoms with Crippen molar-refractivity contribution in [2.75, 3.05) is 0 Å². The summed E-state index contributed by atoms with van der Waals surface area (Å²) < 4.78 is 13.4. The first-order chi connectivity index (χ1) is 16.5. The summed E-state index contributed by atoms with van der Waals surface area (Å²) in [5, 5.41) is 6.32. The molecule has 0 aliphatic carbocycles. The number of hydrogen-bond acceptors (Lipinski definition) is 4. The summed E-state index contributed by atoms with van der Waals surface area (Å²) in [5.41, 5.74) is 3.51. The molecule has 7 heteroatoms. The van der Waals surface area contributed by atoms with Crippen molar-refractivity contribution in [1.29, 1.82) is 0 Å². The van der Waals surface area contributed by atoms with Gasteiger partial charge in [0.05, 0.1) is 12.6 Å². The lowest BCUT2D eigenvalue weighted by Gasteiger charge is -2.21. The third-order valence-corrected chi connectivity index (χ3v) is 6.47. The summed E-state index contributed by atoms with van der Waals surface area (Å²) in [7, 11) is 0. The first kappa shape index (κ1) is 24.1. The molecule has 0 saturated heterocycles. The van der Waals surface area contributed by atoms with E-state index >= 15 is 0 Å². The third kappa shape index (κ3) is 6.73. The largest absolute Gasteiger partial charge is 0.344 e. The molecule has 0 aliphatic rings. The van der Waals surface area contributed by atoms with Gasteiger partial charge in [-0.15, -0.1) is 11.3 Å². The second kappa shape index (κ2) is 11.4. The van der Waals surface area contributed by atoms with E-state index in [1.54, 1.807) is 17.5 Å². The minimum atomic E-state index is -0.259. The summed E-state index contributed by atoms with van der Waals surface area (Å²) in [6.45, 7) is 3.76. The Labute approximate surface area is 208 Å². The third-order valence-electron chi connectivity index (χ3n) is 5.41. The highest BCUT2D eigenvalue weighted by Gasteiger charge is 2.17. The molecule has 34 heavy (non-hydrogen) atoms. The highest BCUT2D eigenvalue weighted by molar-refractivity contribution is 7.09. The molecule has 4 rings (SSSR count). The molecule has 4 aromatic rings. The van der Waals surface area contributed by atoms with Crippen LogP contribution >= 0.6 is 22.9 Å². The summed E-state index contributed by atoms with van der Waals surface area (Å²) >= 11 is 7.63. The number of aromatic nitrogens is 1. The van der Waals surface area contributed by atoms with E-state index in [0.29, 0.717) is 30.4 Å². The van der Waals surface area contributed by atoms with Crippen LogP contribution in [-0.2, 0) is 19.6 Å². The predicted octanol–water partition coefficient (Wildman–Crippen LogP) is 6.63. The molecule has 4 nitrogen and oxygen atoms in total.